The van der Waals surface area contributed by atoms with Crippen molar-refractivity contribution < 1.29 is 24.3 Å². The molecule has 0 bridgehead atoms. The van der Waals surface area contributed by atoms with E-state index in [1.807, 2.05) is 13.8 Å². The highest BCUT2D eigenvalue weighted by molar-refractivity contribution is 6.13. The van der Waals surface area contributed by atoms with Crippen molar-refractivity contribution in [1.29, 1.82) is 0 Å². The molecule has 0 aromatic carbocycles. The van der Waals surface area contributed by atoms with Crippen LogP contribution in [0.4, 0.5) is 0 Å². The van der Waals surface area contributed by atoms with E-state index in [2.05, 4.69) is 13.8 Å². The summed E-state index contributed by atoms with van der Waals surface area (Å²) in [5.74, 6) is -0.471. The number of hydrogen-bond donors (Lipinski definition) is 3. The van der Waals surface area contributed by atoms with E-state index in [1.54, 1.807) is 0 Å². The highest BCUT2D eigenvalue weighted by Crippen LogP contribution is 2.03. The molecule has 0 aromatic heterocycles. The summed E-state index contributed by atoms with van der Waals surface area (Å²) in [4.78, 5) is 43.2. The van der Waals surface area contributed by atoms with Gasteiger partial charge in [0.05, 0.1) is 0 Å². The van der Waals surface area contributed by atoms with Gasteiger partial charge in [0.15, 0.2) is 0 Å². The Hall–Kier alpha value is -2.22. The van der Waals surface area contributed by atoms with Gasteiger partial charge in [-0.1, -0.05) is 27.7 Å². The van der Waals surface area contributed by atoms with Crippen molar-refractivity contribution >= 4 is 23.6 Å². The van der Waals surface area contributed by atoms with Crippen LogP contribution in [0.3, 0.4) is 0 Å². The van der Waals surface area contributed by atoms with E-state index in [0.717, 1.165) is 11.3 Å². The molecule has 0 saturated heterocycles. The third-order valence-corrected chi connectivity index (χ3v) is 2.82. The molecule has 0 radical (unpaired) electrons. The second kappa shape index (κ2) is 14.2. The molecule has 5 N–H and O–H groups in total. The zero-order chi connectivity index (χ0) is 20.0. The van der Waals surface area contributed by atoms with Gasteiger partial charge in [-0.25, -0.2) is 0 Å². The van der Waals surface area contributed by atoms with Crippen molar-refractivity contribution in [2.24, 2.45) is 23.3 Å². The highest BCUT2D eigenvalue weighted by atomic mass is 16.3. The summed E-state index contributed by atoms with van der Waals surface area (Å²) in [7, 11) is 0. The van der Waals surface area contributed by atoms with E-state index in [4.69, 9.17) is 16.6 Å². The first-order valence-corrected chi connectivity index (χ1v) is 8.22. The van der Waals surface area contributed by atoms with Crippen LogP contribution >= 0.6 is 0 Å². The lowest BCUT2D eigenvalue weighted by molar-refractivity contribution is -0.137. The number of carbonyl (C=O) groups excluding carboxylic acids is 4. The lowest BCUT2D eigenvalue weighted by Gasteiger charge is -2.11. The smallest absolute Gasteiger partial charge is 0.253 e. The Bertz CT molecular complexity index is 455. The van der Waals surface area contributed by atoms with Gasteiger partial charge >= 0.3 is 0 Å². The lowest BCUT2D eigenvalue weighted by Crippen LogP contribution is -2.33. The number of rotatable bonds is 7. The molecule has 8 heteroatoms. The molecule has 4 amide bonds. The van der Waals surface area contributed by atoms with Crippen LogP contribution in [-0.4, -0.2) is 46.8 Å². The number of aliphatic hydroxyl groups is 1. The molecule has 1 aliphatic rings. The Kier molecular flexibility index (Phi) is 14.2. The minimum atomic E-state index is -0.525. The Balaban J connectivity index is 0. The molecule has 0 aliphatic carbocycles. The summed E-state index contributed by atoms with van der Waals surface area (Å²) in [6.07, 6.45) is 3.79. The van der Waals surface area contributed by atoms with Crippen molar-refractivity contribution in [3.05, 3.63) is 12.2 Å². The fourth-order valence-electron chi connectivity index (χ4n) is 1.30. The first-order chi connectivity index (χ1) is 11.5. The molecular weight excluding hydrogens is 326 g/mol. The van der Waals surface area contributed by atoms with E-state index in [0.29, 0.717) is 24.9 Å². The number of amides is 4. The van der Waals surface area contributed by atoms with Gasteiger partial charge in [-0.3, -0.25) is 24.1 Å². The molecule has 1 rings (SSSR count). The largest absolute Gasteiger partial charge is 0.396 e. The number of carbonyl (C=O) groups is 4. The first kappa shape index (κ1) is 25.0. The number of nitrogens with two attached hydrogens (primary N) is 2. The third-order valence-electron chi connectivity index (χ3n) is 2.82. The summed E-state index contributed by atoms with van der Waals surface area (Å²) in [5.41, 5.74) is 9.75. The first-order valence-electron chi connectivity index (χ1n) is 8.22. The van der Waals surface area contributed by atoms with Gasteiger partial charge < -0.3 is 16.6 Å². The number of imide groups is 1. The van der Waals surface area contributed by atoms with Gasteiger partial charge in [0.25, 0.3) is 11.8 Å². The number of aliphatic hydroxyl groups excluding tert-OH is 1. The molecule has 0 atom stereocenters. The van der Waals surface area contributed by atoms with Gasteiger partial charge in [0, 0.05) is 38.1 Å². The molecule has 1 aliphatic heterocycles. The summed E-state index contributed by atoms with van der Waals surface area (Å²) in [5, 5.41) is 8.14. The molecule has 0 unspecified atom stereocenters. The van der Waals surface area contributed by atoms with E-state index in [9.17, 15) is 19.2 Å². The topological polar surface area (TPSA) is 144 Å². The quantitative estimate of drug-likeness (QED) is 0.562. The predicted octanol–water partition coefficient (Wildman–Crippen LogP) is 0.329. The summed E-state index contributed by atoms with van der Waals surface area (Å²) < 4.78 is 0. The fraction of sp³-hybridized carbons (Fsp3) is 0.647. The monoisotopic (exact) mass is 357 g/mol. The molecule has 25 heavy (non-hydrogen) atoms. The highest BCUT2D eigenvalue weighted by Gasteiger charge is 2.22. The molecule has 144 valence electrons. The maximum atomic E-state index is 10.9. The standard InChI is InChI=1S/C7H8N2O3.C6H13NO.C4H10O/c8-5(10)3-4-9-6(11)1-2-7(9)12;1-5(2)3-4-6(7)8;1-4(2)3-5/h1-2H,3-4H2,(H2,8,10);5H,3-4H2,1-2H3,(H2,7,8);4-5H,3H2,1-2H3. The molecular formula is C17H31N3O5. The van der Waals surface area contributed by atoms with E-state index in [1.165, 1.54) is 12.2 Å². The van der Waals surface area contributed by atoms with Crippen LogP contribution in [0, 0.1) is 11.8 Å². The maximum Gasteiger partial charge on any atom is 0.253 e. The molecule has 1 heterocycles. The van der Waals surface area contributed by atoms with Crippen LogP contribution in [0.2, 0.25) is 0 Å². The Morgan fingerprint density at radius 1 is 0.960 bits per heavy atom. The summed E-state index contributed by atoms with van der Waals surface area (Å²) in [6, 6.07) is 0. The Morgan fingerprint density at radius 2 is 1.36 bits per heavy atom. The maximum absolute atomic E-state index is 10.9. The van der Waals surface area contributed by atoms with E-state index in [-0.39, 0.29) is 30.7 Å². The SMILES string of the molecule is CC(C)CCC(N)=O.CC(C)CO.NC(=O)CCN1C(=O)C=CC1=O. The molecule has 0 aromatic rings. The molecule has 0 spiro atoms. The molecule has 0 saturated carbocycles. The van der Waals surface area contributed by atoms with Gasteiger partial charge in [0.1, 0.15) is 0 Å². The zero-order valence-electron chi connectivity index (χ0n) is 15.5. The second-order valence-corrected chi connectivity index (χ2v) is 6.35. The van der Waals surface area contributed by atoms with Crippen LogP contribution in [-0.2, 0) is 19.2 Å². The number of nitrogens with zero attached hydrogens (tertiary/aromatic N) is 1. The van der Waals surface area contributed by atoms with Gasteiger partial charge in [-0.15, -0.1) is 0 Å². The van der Waals surface area contributed by atoms with Crippen LogP contribution < -0.4 is 11.5 Å². The third kappa shape index (κ3) is 16.4. The van der Waals surface area contributed by atoms with Crippen molar-refractivity contribution in [3.8, 4) is 0 Å². The summed E-state index contributed by atoms with van der Waals surface area (Å²) in [6.45, 7) is 8.46. The Labute approximate surface area is 149 Å². The van der Waals surface area contributed by atoms with Crippen LogP contribution in [0.25, 0.3) is 0 Å². The second-order valence-electron chi connectivity index (χ2n) is 6.35. The predicted molar refractivity (Wildman–Crippen MR) is 94.9 cm³/mol. The average molecular weight is 357 g/mol. The minimum absolute atomic E-state index is 0.0131. The van der Waals surface area contributed by atoms with E-state index >= 15 is 0 Å². The zero-order valence-corrected chi connectivity index (χ0v) is 15.5. The van der Waals surface area contributed by atoms with Crippen LogP contribution in [0.5, 0.6) is 0 Å². The lowest BCUT2D eigenvalue weighted by atomic mass is 10.1. The van der Waals surface area contributed by atoms with Crippen molar-refractivity contribution in [1.82, 2.24) is 4.90 Å². The minimum Gasteiger partial charge on any atom is -0.396 e. The fourth-order valence-corrected chi connectivity index (χ4v) is 1.30. The number of hydrogen-bond acceptors (Lipinski definition) is 5. The van der Waals surface area contributed by atoms with Crippen molar-refractivity contribution in [3.63, 3.8) is 0 Å². The summed E-state index contributed by atoms with van der Waals surface area (Å²) >= 11 is 0. The number of primary amides is 2. The van der Waals surface area contributed by atoms with Gasteiger partial charge in [0.2, 0.25) is 11.8 Å². The van der Waals surface area contributed by atoms with E-state index < -0.39 is 5.91 Å². The van der Waals surface area contributed by atoms with Gasteiger partial charge in [-0.05, 0) is 18.3 Å². The van der Waals surface area contributed by atoms with Gasteiger partial charge in [-0.2, -0.15) is 0 Å². The van der Waals surface area contributed by atoms with Crippen molar-refractivity contribution in [2.75, 3.05) is 13.2 Å². The average Bonchev–Trinajstić information content (AvgIpc) is 2.83. The van der Waals surface area contributed by atoms with Crippen molar-refractivity contribution in [2.45, 2.75) is 47.0 Å². The normalized spacial score (nSPS) is 12.7. The van der Waals surface area contributed by atoms with Crippen LogP contribution in [0.1, 0.15) is 47.0 Å². The molecule has 0 fully saturated rings. The van der Waals surface area contributed by atoms with Crippen LogP contribution in [0.15, 0.2) is 12.2 Å². The molecule has 8 nitrogen and oxygen atoms in total. The Morgan fingerprint density at radius 3 is 1.60 bits per heavy atom.